The van der Waals surface area contributed by atoms with E-state index in [2.05, 4.69) is 11.9 Å². The zero-order chi connectivity index (χ0) is 10.6. The second kappa shape index (κ2) is 4.41. The van der Waals surface area contributed by atoms with Crippen LogP contribution in [0.15, 0.2) is 30.9 Å². The van der Waals surface area contributed by atoms with Crippen LogP contribution >= 0.6 is 0 Å². The number of carbonyl (C=O) groups is 1. The summed E-state index contributed by atoms with van der Waals surface area (Å²) < 4.78 is 13.2. The van der Waals surface area contributed by atoms with Gasteiger partial charge in [0.05, 0.1) is 5.69 Å². The number of carbonyl (C=O) groups excluding carboxylic acids is 1. The SMILES string of the molecule is C=CCNc1ccc(C(N)=O)cc1F. The maximum atomic E-state index is 13.2. The normalized spacial score (nSPS) is 9.50. The number of primary amides is 1. The summed E-state index contributed by atoms with van der Waals surface area (Å²) in [6.45, 7) is 3.96. The smallest absolute Gasteiger partial charge is 0.248 e. The van der Waals surface area contributed by atoms with E-state index >= 15 is 0 Å². The summed E-state index contributed by atoms with van der Waals surface area (Å²) in [4.78, 5) is 10.7. The van der Waals surface area contributed by atoms with Crippen molar-refractivity contribution in [3.8, 4) is 0 Å². The first kappa shape index (κ1) is 10.2. The van der Waals surface area contributed by atoms with E-state index in [1.807, 2.05) is 0 Å². The number of hydrogen-bond acceptors (Lipinski definition) is 2. The molecule has 3 nitrogen and oxygen atoms in total. The standard InChI is InChI=1S/C10H11FN2O/c1-2-5-13-9-4-3-7(10(12)14)6-8(9)11/h2-4,6,13H,1,5H2,(H2,12,14). The van der Waals surface area contributed by atoms with E-state index in [-0.39, 0.29) is 5.56 Å². The van der Waals surface area contributed by atoms with Crippen LogP contribution in [0, 0.1) is 5.82 Å². The average molecular weight is 194 g/mol. The van der Waals surface area contributed by atoms with Crippen LogP contribution in [0.25, 0.3) is 0 Å². The summed E-state index contributed by atoms with van der Waals surface area (Å²) in [5, 5.41) is 2.78. The fraction of sp³-hybridized carbons (Fsp3) is 0.100. The van der Waals surface area contributed by atoms with Gasteiger partial charge < -0.3 is 11.1 Å². The average Bonchev–Trinajstić information content (AvgIpc) is 2.15. The van der Waals surface area contributed by atoms with Gasteiger partial charge in [0.1, 0.15) is 5.82 Å². The highest BCUT2D eigenvalue weighted by Crippen LogP contribution is 2.15. The molecule has 0 atom stereocenters. The van der Waals surface area contributed by atoms with Crippen molar-refractivity contribution in [2.75, 3.05) is 11.9 Å². The second-order valence-corrected chi connectivity index (χ2v) is 2.73. The third-order valence-electron chi connectivity index (χ3n) is 1.69. The molecule has 14 heavy (non-hydrogen) atoms. The Morgan fingerprint density at radius 2 is 2.36 bits per heavy atom. The van der Waals surface area contributed by atoms with E-state index in [1.54, 1.807) is 6.08 Å². The number of nitrogens with one attached hydrogen (secondary N) is 1. The second-order valence-electron chi connectivity index (χ2n) is 2.73. The predicted octanol–water partition coefficient (Wildman–Crippen LogP) is 1.52. The molecule has 0 aliphatic carbocycles. The van der Waals surface area contributed by atoms with E-state index < -0.39 is 11.7 Å². The van der Waals surface area contributed by atoms with Crippen LogP contribution in [0.5, 0.6) is 0 Å². The van der Waals surface area contributed by atoms with Crippen LogP contribution in [-0.2, 0) is 0 Å². The summed E-state index contributed by atoms with van der Waals surface area (Å²) >= 11 is 0. The summed E-state index contributed by atoms with van der Waals surface area (Å²) in [7, 11) is 0. The first-order chi connectivity index (χ1) is 6.65. The Balaban J connectivity index is 2.89. The molecule has 1 aromatic carbocycles. The van der Waals surface area contributed by atoms with Gasteiger partial charge in [-0.25, -0.2) is 4.39 Å². The maximum Gasteiger partial charge on any atom is 0.248 e. The number of rotatable bonds is 4. The molecule has 0 saturated carbocycles. The van der Waals surface area contributed by atoms with Crippen LogP contribution < -0.4 is 11.1 Å². The van der Waals surface area contributed by atoms with Crippen LogP contribution in [0.1, 0.15) is 10.4 Å². The highest BCUT2D eigenvalue weighted by molar-refractivity contribution is 5.93. The lowest BCUT2D eigenvalue weighted by Crippen LogP contribution is -2.11. The largest absolute Gasteiger partial charge is 0.379 e. The number of anilines is 1. The molecule has 0 heterocycles. The van der Waals surface area contributed by atoms with Gasteiger partial charge in [0.25, 0.3) is 0 Å². The van der Waals surface area contributed by atoms with Gasteiger partial charge in [-0.1, -0.05) is 6.08 Å². The lowest BCUT2D eigenvalue weighted by Gasteiger charge is -2.05. The number of nitrogens with two attached hydrogens (primary N) is 1. The fourth-order valence-electron chi connectivity index (χ4n) is 0.994. The highest BCUT2D eigenvalue weighted by atomic mass is 19.1. The maximum absolute atomic E-state index is 13.2. The zero-order valence-electron chi connectivity index (χ0n) is 7.59. The number of benzene rings is 1. The fourth-order valence-corrected chi connectivity index (χ4v) is 0.994. The number of halogens is 1. The molecule has 4 heteroatoms. The lowest BCUT2D eigenvalue weighted by molar-refractivity contribution is 0.1000. The van der Waals surface area contributed by atoms with E-state index in [9.17, 15) is 9.18 Å². The van der Waals surface area contributed by atoms with Crippen LogP contribution in [-0.4, -0.2) is 12.5 Å². The van der Waals surface area contributed by atoms with Gasteiger partial charge in [0.15, 0.2) is 0 Å². The molecule has 1 rings (SSSR count). The summed E-state index contributed by atoms with van der Waals surface area (Å²) in [5.74, 6) is -1.14. The molecule has 0 saturated heterocycles. The van der Waals surface area contributed by atoms with Crippen molar-refractivity contribution in [2.24, 2.45) is 5.73 Å². The summed E-state index contributed by atoms with van der Waals surface area (Å²) in [6, 6.07) is 4.05. The molecule has 0 spiro atoms. The molecule has 3 N–H and O–H groups in total. The Morgan fingerprint density at radius 1 is 1.64 bits per heavy atom. The van der Waals surface area contributed by atoms with E-state index in [1.165, 1.54) is 12.1 Å². The van der Waals surface area contributed by atoms with Gasteiger partial charge in [-0.05, 0) is 18.2 Å². The minimum Gasteiger partial charge on any atom is -0.379 e. The number of amides is 1. The molecule has 0 aliphatic rings. The van der Waals surface area contributed by atoms with Crippen LogP contribution in [0.3, 0.4) is 0 Å². The third kappa shape index (κ3) is 2.32. The minimum atomic E-state index is -0.640. The van der Waals surface area contributed by atoms with E-state index in [0.29, 0.717) is 12.2 Å². The highest BCUT2D eigenvalue weighted by Gasteiger charge is 2.05. The van der Waals surface area contributed by atoms with Crippen molar-refractivity contribution in [1.29, 1.82) is 0 Å². The van der Waals surface area contributed by atoms with E-state index in [0.717, 1.165) is 6.07 Å². The number of hydrogen-bond donors (Lipinski definition) is 2. The van der Waals surface area contributed by atoms with Crippen molar-refractivity contribution in [2.45, 2.75) is 0 Å². The van der Waals surface area contributed by atoms with Gasteiger partial charge in [-0.15, -0.1) is 6.58 Å². The monoisotopic (exact) mass is 194 g/mol. The molecule has 0 bridgehead atoms. The molecular formula is C10H11FN2O. The van der Waals surface area contributed by atoms with Gasteiger partial charge in [-0.2, -0.15) is 0 Å². The van der Waals surface area contributed by atoms with Crippen molar-refractivity contribution in [3.63, 3.8) is 0 Å². The first-order valence-electron chi connectivity index (χ1n) is 4.09. The van der Waals surface area contributed by atoms with Crippen molar-refractivity contribution in [3.05, 3.63) is 42.2 Å². The molecule has 1 aromatic rings. The predicted molar refractivity (Wildman–Crippen MR) is 53.6 cm³/mol. The Labute approximate surface area is 81.4 Å². The van der Waals surface area contributed by atoms with Crippen molar-refractivity contribution >= 4 is 11.6 Å². The Kier molecular flexibility index (Phi) is 3.23. The lowest BCUT2D eigenvalue weighted by atomic mass is 10.2. The van der Waals surface area contributed by atoms with Crippen LogP contribution in [0.4, 0.5) is 10.1 Å². The minimum absolute atomic E-state index is 0.159. The van der Waals surface area contributed by atoms with Crippen molar-refractivity contribution < 1.29 is 9.18 Å². The molecular weight excluding hydrogens is 183 g/mol. The van der Waals surface area contributed by atoms with Crippen molar-refractivity contribution in [1.82, 2.24) is 0 Å². The van der Waals surface area contributed by atoms with E-state index in [4.69, 9.17) is 5.73 Å². The Hall–Kier alpha value is -1.84. The van der Waals surface area contributed by atoms with Gasteiger partial charge >= 0.3 is 0 Å². The molecule has 0 radical (unpaired) electrons. The topological polar surface area (TPSA) is 55.1 Å². The Bertz CT molecular complexity index is 363. The summed E-state index contributed by atoms with van der Waals surface area (Å²) in [6.07, 6.45) is 1.61. The molecule has 1 amide bonds. The molecule has 0 aromatic heterocycles. The third-order valence-corrected chi connectivity index (χ3v) is 1.69. The van der Waals surface area contributed by atoms with Gasteiger partial charge in [0, 0.05) is 12.1 Å². The van der Waals surface area contributed by atoms with Gasteiger partial charge in [-0.3, -0.25) is 4.79 Å². The summed E-state index contributed by atoms with van der Waals surface area (Å²) in [5.41, 5.74) is 5.48. The molecule has 0 unspecified atom stereocenters. The van der Waals surface area contributed by atoms with Gasteiger partial charge in [0.2, 0.25) is 5.91 Å². The molecule has 74 valence electrons. The zero-order valence-corrected chi connectivity index (χ0v) is 7.59. The Morgan fingerprint density at radius 3 is 2.86 bits per heavy atom. The molecule has 0 aliphatic heterocycles. The molecule has 0 fully saturated rings. The first-order valence-corrected chi connectivity index (χ1v) is 4.09. The van der Waals surface area contributed by atoms with Crippen LogP contribution in [0.2, 0.25) is 0 Å². The quantitative estimate of drug-likeness (QED) is 0.714.